The maximum absolute atomic E-state index is 14.7. The molecule has 7 nitrogen and oxygen atoms in total. The van der Waals surface area contributed by atoms with Crippen molar-refractivity contribution >= 4 is 5.82 Å². The van der Waals surface area contributed by atoms with E-state index in [9.17, 15) is 17.6 Å². The summed E-state index contributed by atoms with van der Waals surface area (Å²) < 4.78 is 54.6. The van der Waals surface area contributed by atoms with Crippen molar-refractivity contribution in [2.24, 2.45) is 0 Å². The first-order valence-electron chi connectivity index (χ1n) is 9.46. The first-order chi connectivity index (χ1) is 15.1. The Morgan fingerprint density at radius 1 is 1.00 bits per heavy atom. The SMILES string of the molecule is Cc1cccc(-c2nc(N)c(F)c(-c3cn(Cc4cccc(C(F)(F)F)n4)nn3)n2)c1C. The number of pyridine rings is 1. The first-order valence-corrected chi connectivity index (χ1v) is 9.46. The molecule has 32 heavy (non-hydrogen) atoms. The van der Waals surface area contributed by atoms with E-state index in [0.717, 1.165) is 17.2 Å². The number of aryl methyl sites for hydroxylation is 1. The molecule has 3 aromatic heterocycles. The van der Waals surface area contributed by atoms with Crippen LogP contribution in [0.15, 0.2) is 42.6 Å². The van der Waals surface area contributed by atoms with Gasteiger partial charge in [0, 0.05) is 5.56 Å². The van der Waals surface area contributed by atoms with Crippen LogP contribution in [-0.4, -0.2) is 29.9 Å². The van der Waals surface area contributed by atoms with Gasteiger partial charge in [0.05, 0.1) is 18.4 Å². The first kappa shape index (κ1) is 21.3. The number of rotatable bonds is 4. The van der Waals surface area contributed by atoms with Crippen LogP contribution in [0.5, 0.6) is 0 Å². The summed E-state index contributed by atoms with van der Waals surface area (Å²) in [5.74, 6) is -0.975. The summed E-state index contributed by atoms with van der Waals surface area (Å²) in [6, 6.07) is 9.13. The van der Waals surface area contributed by atoms with E-state index in [-0.39, 0.29) is 35.3 Å². The number of alkyl halides is 3. The summed E-state index contributed by atoms with van der Waals surface area (Å²) >= 11 is 0. The molecule has 0 fully saturated rings. The monoisotopic (exact) mass is 443 g/mol. The molecule has 0 unspecified atom stereocenters. The van der Waals surface area contributed by atoms with E-state index in [1.807, 2.05) is 26.0 Å². The van der Waals surface area contributed by atoms with E-state index in [2.05, 4.69) is 25.3 Å². The molecule has 11 heteroatoms. The molecule has 0 saturated heterocycles. The molecule has 164 valence electrons. The Labute approximate surface area is 180 Å². The molecule has 4 rings (SSSR count). The predicted octanol–water partition coefficient (Wildman–Crippen LogP) is 4.20. The summed E-state index contributed by atoms with van der Waals surface area (Å²) in [7, 11) is 0. The smallest absolute Gasteiger partial charge is 0.381 e. The van der Waals surface area contributed by atoms with Gasteiger partial charge in [-0.15, -0.1) is 5.10 Å². The minimum atomic E-state index is -4.56. The Hall–Kier alpha value is -3.89. The molecule has 0 aliphatic heterocycles. The lowest BCUT2D eigenvalue weighted by atomic mass is 10.0. The summed E-state index contributed by atoms with van der Waals surface area (Å²) in [4.78, 5) is 11.9. The maximum Gasteiger partial charge on any atom is 0.433 e. The lowest BCUT2D eigenvalue weighted by Crippen LogP contribution is -2.11. The highest BCUT2D eigenvalue weighted by Crippen LogP contribution is 2.29. The lowest BCUT2D eigenvalue weighted by molar-refractivity contribution is -0.141. The van der Waals surface area contributed by atoms with Gasteiger partial charge in [0.1, 0.15) is 17.1 Å². The van der Waals surface area contributed by atoms with Crippen LogP contribution in [0.25, 0.3) is 22.8 Å². The Morgan fingerprint density at radius 2 is 1.75 bits per heavy atom. The molecular weight excluding hydrogens is 426 g/mol. The van der Waals surface area contributed by atoms with E-state index < -0.39 is 17.7 Å². The van der Waals surface area contributed by atoms with Crippen molar-refractivity contribution in [3.63, 3.8) is 0 Å². The Balaban J connectivity index is 1.69. The van der Waals surface area contributed by atoms with E-state index >= 15 is 0 Å². The van der Waals surface area contributed by atoms with Crippen LogP contribution >= 0.6 is 0 Å². The fourth-order valence-corrected chi connectivity index (χ4v) is 3.12. The van der Waals surface area contributed by atoms with E-state index in [0.29, 0.717) is 5.56 Å². The van der Waals surface area contributed by atoms with Crippen LogP contribution in [0, 0.1) is 19.7 Å². The fraction of sp³-hybridized carbons (Fsp3) is 0.190. The van der Waals surface area contributed by atoms with Crippen molar-refractivity contribution < 1.29 is 17.6 Å². The number of nitrogens with two attached hydrogens (primary N) is 1. The van der Waals surface area contributed by atoms with E-state index in [1.54, 1.807) is 6.07 Å². The average molecular weight is 443 g/mol. The zero-order chi connectivity index (χ0) is 23.0. The Morgan fingerprint density at radius 3 is 2.50 bits per heavy atom. The van der Waals surface area contributed by atoms with Crippen LogP contribution in [0.4, 0.5) is 23.4 Å². The largest absolute Gasteiger partial charge is 0.433 e. The highest BCUT2D eigenvalue weighted by molar-refractivity contribution is 5.67. The predicted molar refractivity (Wildman–Crippen MR) is 109 cm³/mol. The number of nitrogens with zero attached hydrogens (tertiary/aromatic N) is 6. The maximum atomic E-state index is 14.7. The molecular formula is C21H17F4N7. The van der Waals surface area contributed by atoms with Gasteiger partial charge < -0.3 is 5.73 Å². The second kappa shape index (κ2) is 7.98. The summed E-state index contributed by atoms with van der Waals surface area (Å²) in [5.41, 5.74) is 7.42. The molecule has 3 heterocycles. The lowest BCUT2D eigenvalue weighted by Gasteiger charge is -2.10. The van der Waals surface area contributed by atoms with E-state index in [4.69, 9.17) is 5.73 Å². The number of hydrogen-bond acceptors (Lipinski definition) is 6. The van der Waals surface area contributed by atoms with Crippen molar-refractivity contribution in [1.82, 2.24) is 29.9 Å². The van der Waals surface area contributed by atoms with Crippen LogP contribution in [0.3, 0.4) is 0 Å². The summed E-state index contributed by atoms with van der Waals surface area (Å²) in [5, 5.41) is 7.77. The molecule has 0 spiro atoms. The van der Waals surface area contributed by atoms with Gasteiger partial charge in [-0.1, -0.05) is 29.5 Å². The molecule has 0 aliphatic carbocycles. The zero-order valence-electron chi connectivity index (χ0n) is 17.0. The number of nitrogen functional groups attached to an aromatic ring is 1. The molecule has 4 aromatic rings. The average Bonchev–Trinajstić information content (AvgIpc) is 3.20. The molecule has 1 aromatic carbocycles. The normalized spacial score (nSPS) is 11.7. The van der Waals surface area contributed by atoms with Gasteiger partial charge in [0.15, 0.2) is 17.5 Å². The molecule has 0 radical (unpaired) electrons. The molecule has 0 bridgehead atoms. The number of benzene rings is 1. The highest BCUT2D eigenvalue weighted by atomic mass is 19.4. The Kier molecular flexibility index (Phi) is 5.33. The molecule has 0 saturated carbocycles. The van der Waals surface area contributed by atoms with Crippen LogP contribution in [0.2, 0.25) is 0 Å². The minimum Gasteiger partial charge on any atom is -0.381 e. The zero-order valence-corrected chi connectivity index (χ0v) is 17.0. The Bertz CT molecular complexity index is 1300. The third-order valence-corrected chi connectivity index (χ3v) is 4.92. The number of hydrogen-bond donors (Lipinski definition) is 1. The third-order valence-electron chi connectivity index (χ3n) is 4.92. The summed E-state index contributed by atoms with van der Waals surface area (Å²) in [6.45, 7) is 3.73. The summed E-state index contributed by atoms with van der Waals surface area (Å²) in [6.07, 6.45) is -3.20. The molecule has 0 amide bonds. The van der Waals surface area contributed by atoms with Crippen molar-refractivity contribution in [2.45, 2.75) is 26.6 Å². The van der Waals surface area contributed by atoms with Gasteiger partial charge in [0.25, 0.3) is 0 Å². The fourth-order valence-electron chi connectivity index (χ4n) is 3.12. The number of anilines is 1. The van der Waals surface area contributed by atoms with Gasteiger partial charge in [0.2, 0.25) is 0 Å². The topological polar surface area (TPSA) is 95.4 Å². The van der Waals surface area contributed by atoms with Crippen molar-refractivity contribution in [3.05, 3.63) is 70.9 Å². The molecule has 2 N–H and O–H groups in total. The van der Waals surface area contributed by atoms with Gasteiger partial charge in [-0.3, -0.25) is 0 Å². The van der Waals surface area contributed by atoms with Crippen molar-refractivity contribution in [2.75, 3.05) is 5.73 Å². The third kappa shape index (κ3) is 4.13. The minimum absolute atomic E-state index is 0.0649. The van der Waals surface area contributed by atoms with Crippen LogP contribution < -0.4 is 5.73 Å². The van der Waals surface area contributed by atoms with Gasteiger partial charge in [-0.05, 0) is 37.1 Å². The van der Waals surface area contributed by atoms with Gasteiger partial charge in [-0.25, -0.2) is 24.0 Å². The van der Waals surface area contributed by atoms with Gasteiger partial charge in [-0.2, -0.15) is 13.2 Å². The quantitative estimate of drug-likeness (QED) is 0.475. The molecule has 0 atom stereocenters. The highest BCUT2D eigenvalue weighted by Gasteiger charge is 2.32. The van der Waals surface area contributed by atoms with Gasteiger partial charge >= 0.3 is 6.18 Å². The van der Waals surface area contributed by atoms with Crippen molar-refractivity contribution in [3.8, 4) is 22.8 Å². The number of aromatic nitrogens is 6. The second-order valence-corrected chi connectivity index (χ2v) is 7.16. The second-order valence-electron chi connectivity index (χ2n) is 7.16. The number of halogens is 4. The van der Waals surface area contributed by atoms with Crippen molar-refractivity contribution in [1.29, 1.82) is 0 Å². The standard InChI is InChI=1S/C21H17F4N7/c1-11-5-3-7-14(12(11)2)20-28-18(17(22)19(26)29-20)15-10-32(31-30-15)9-13-6-4-8-16(27-13)21(23,24)25/h3-8,10H,9H2,1-2H3,(H2,26,28,29). The van der Waals surface area contributed by atoms with E-state index in [1.165, 1.54) is 23.0 Å². The van der Waals surface area contributed by atoms with Crippen LogP contribution in [0.1, 0.15) is 22.5 Å². The van der Waals surface area contributed by atoms with Crippen LogP contribution in [-0.2, 0) is 12.7 Å². The molecule has 0 aliphatic rings.